The number of hydrogen-bond donors (Lipinski definition) is 1. The van der Waals surface area contributed by atoms with Crippen molar-refractivity contribution in [2.45, 2.75) is 59.1 Å². The number of halogens is 1. The van der Waals surface area contributed by atoms with Crippen molar-refractivity contribution in [2.75, 3.05) is 13.7 Å². The third-order valence-electron chi connectivity index (χ3n) is 3.23. The van der Waals surface area contributed by atoms with Crippen molar-refractivity contribution >= 4 is 28.7 Å². The smallest absolute Gasteiger partial charge is 0.408 e. The van der Waals surface area contributed by atoms with Crippen molar-refractivity contribution in [3.8, 4) is 11.5 Å². The predicted molar refractivity (Wildman–Crippen MR) is 106 cm³/mol. The minimum atomic E-state index is -0.579. The van der Waals surface area contributed by atoms with Crippen LogP contribution >= 0.6 is 22.6 Å². The molecule has 0 fully saturated rings. The van der Waals surface area contributed by atoms with Gasteiger partial charge in [-0.15, -0.1) is 0 Å². The lowest BCUT2D eigenvalue weighted by Gasteiger charge is -2.33. The molecular formula is C18H29IN2O4. The maximum atomic E-state index is 12.2. The van der Waals surface area contributed by atoms with E-state index in [-0.39, 0.29) is 6.61 Å². The number of amides is 1. The molecule has 0 saturated carbocycles. The molecule has 0 saturated heterocycles. The molecule has 1 aromatic heterocycles. The fourth-order valence-electron chi connectivity index (χ4n) is 2.50. The Morgan fingerprint density at radius 2 is 1.92 bits per heavy atom. The molecule has 1 heterocycles. The van der Waals surface area contributed by atoms with Crippen LogP contribution in [0.5, 0.6) is 11.5 Å². The summed E-state index contributed by atoms with van der Waals surface area (Å²) in [4.78, 5) is 16.4. The average Bonchev–Trinajstić information content (AvgIpc) is 2.42. The van der Waals surface area contributed by atoms with Crippen LogP contribution in [0, 0.1) is 9.62 Å². The minimum absolute atomic E-state index is 0.281. The summed E-state index contributed by atoms with van der Waals surface area (Å²) in [6.45, 7) is 11.9. The Labute approximate surface area is 164 Å². The first-order valence-corrected chi connectivity index (χ1v) is 9.35. The summed E-state index contributed by atoms with van der Waals surface area (Å²) in [5, 5.41) is 2.95. The summed E-state index contributed by atoms with van der Waals surface area (Å²) < 4.78 is 17.5. The van der Waals surface area contributed by atoms with Crippen LogP contribution in [0.15, 0.2) is 12.3 Å². The second-order valence-corrected chi connectivity index (χ2v) is 8.84. The molecule has 0 aromatic carbocycles. The summed E-state index contributed by atoms with van der Waals surface area (Å²) in [5.41, 5.74) is -1.13. The van der Waals surface area contributed by atoms with Crippen molar-refractivity contribution < 1.29 is 19.0 Å². The molecule has 1 unspecified atom stereocenters. The Hall–Kier alpha value is -1.25. The quantitative estimate of drug-likeness (QED) is 0.479. The van der Waals surface area contributed by atoms with Crippen LogP contribution in [0.25, 0.3) is 0 Å². The number of aromatic nitrogens is 1. The maximum Gasteiger partial charge on any atom is 0.408 e. The van der Waals surface area contributed by atoms with Gasteiger partial charge in [0.1, 0.15) is 15.9 Å². The largest absolute Gasteiger partial charge is 0.493 e. The standard InChI is InChI=1S/C18H29IN2O4/c1-12(2)9-18(6,21-16(22)25-17(3,4)5)11-24-14-10-20-15(19)8-13(14)23-7/h8,10,12H,9,11H2,1-7H3,(H,21,22). The maximum absolute atomic E-state index is 12.2. The van der Waals surface area contributed by atoms with Crippen LogP contribution in [0.1, 0.15) is 48.0 Å². The van der Waals surface area contributed by atoms with Gasteiger partial charge in [-0.2, -0.15) is 0 Å². The number of alkyl carbamates (subject to hydrolysis) is 1. The summed E-state index contributed by atoms with van der Waals surface area (Å²) in [7, 11) is 1.59. The molecule has 0 aliphatic heterocycles. The molecule has 25 heavy (non-hydrogen) atoms. The van der Waals surface area contributed by atoms with E-state index in [0.29, 0.717) is 17.4 Å². The molecule has 142 valence electrons. The van der Waals surface area contributed by atoms with Gasteiger partial charge in [-0.25, -0.2) is 9.78 Å². The molecule has 1 aromatic rings. The van der Waals surface area contributed by atoms with Gasteiger partial charge in [-0.3, -0.25) is 0 Å². The van der Waals surface area contributed by atoms with Gasteiger partial charge >= 0.3 is 6.09 Å². The molecular weight excluding hydrogens is 435 g/mol. The van der Waals surface area contributed by atoms with Gasteiger partial charge in [0.2, 0.25) is 0 Å². The number of pyridine rings is 1. The number of methoxy groups -OCH3 is 1. The van der Waals surface area contributed by atoms with Gasteiger partial charge in [0, 0.05) is 6.07 Å². The Kier molecular flexibility index (Phi) is 7.77. The lowest BCUT2D eigenvalue weighted by Crippen LogP contribution is -2.52. The zero-order valence-electron chi connectivity index (χ0n) is 16.1. The second kappa shape index (κ2) is 8.91. The molecule has 0 aliphatic rings. The Morgan fingerprint density at radius 3 is 2.44 bits per heavy atom. The lowest BCUT2D eigenvalue weighted by molar-refractivity contribution is 0.0407. The highest BCUT2D eigenvalue weighted by Gasteiger charge is 2.31. The van der Waals surface area contributed by atoms with Crippen molar-refractivity contribution in [2.24, 2.45) is 5.92 Å². The zero-order chi connectivity index (χ0) is 19.3. The molecule has 0 radical (unpaired) electrons. The molecule has 1 N–H and O–H groups in total. The molecule has 7 heteroatoms. The van der Waals surface area contributed by atoms with Crippen LogP contribution < -0.4 is 14.8 Å². The highest BCUT2D eigenvalue weighted by molar-refractivity contribution is 14.1. The number of hydrogen-bond acceptors (Lipinski definition) is 5. The highest BCUT2D eigenvalue weighted by Crippen LogP contribution is 2.28. The lowest BCUT2D eigenvalue weighted by atomic mass is 9.91. The Bertz CT molecular complexity index is 587. The molecule has 1 rings (SSSR count). The predicted octanol–water partition coefficient (Wildman–Crippen LogP) is 4.40. The highest BCUT2D eigenvalue weighted by atomic mass is 127. The second-order valence-electron chi connectivity index (χ2n) is 7.73. The fourth-order valence-corrected chi connectivity index (χ4v) is 2.92. The van der Waals surface area contributed by atoms with Crippen molar-refractivity contribution in [3.05, 3.63) is 16.0 Å². The summed E-state index contributed by atoms with van der Waals surface area (Å²) >= 11 is 2.11. The number of carbonyl (C=O) groups excluding carboxylic acids is 1. The van der Waals surface area contributed by atoms with Gasteiger partial charge in [-0.1, -0.05) is 13.8 Å². The number of rotatable bonds is 7. The first-order chi connectivity index (χ1) is 11.4. The average molecular weight is 464 g/mol. The first-order valence-electron chi connectivity index (χ1n) is 8.27. The molecule has 0 spiro atoms. The van der Waals surface area contributed by atoms with E-state index in [1.807, 2.05) is 27.7 Å². The number of ether oxygens (including phenoxy) is 3. The van der Waals surface area contributed by atoms with Gasteiger partial charge in [0.15, 0.2) is 11.5 Å². The zero-order valence-corrected chi connectivity index (χ0v) is 18.3. The van der Waals surface area contributed by atoms with Crippen molar-refractivity contribution in [1.29, 1.82) is 0 Å². The summed E-state index contributed by atoms with van der Waals surface area (Å²) in [6, 6.07) is 1.80. The Balaban J connectivity index is 2.86. The van der Waals surface area contributed by atoms with Gasteiger partial charge < -0.3 is 19.5 Å². The van der Waals surface area contributed by atoms with E-state index in [1.165, 1.54) is 0 Å². The van der Waals surface area contributed by atoms with Crippen LogP contribution in [-0.2, 0) is 4.74 Å². The molecule has 1 atom stereocenters. The van der Waals surface area contributed by atoms with E-state index in [2.05, 4.69) is 46.7 Å². The number of nitrogens with one attached hydrogen (secondary N) is 1. The van der Waals surface area contributed by atoms with Crippen molar-refractivity contribution in [3.63, 3.8) is 0 Å². The summed E-state index contributed by atoms with van der Waals surface area (Å²) in [5.74, 6) is 1.53. The SMILES string of the molecule is COc1cc(I)ncc1OCC(C)(CC(C)C)NC(=O)OC(C)(C)C. The van der Waals surface area contributed by atoms with E-state index in [4.69, 9.17) is 14.2 Å². The van der Waals surface area contributed by atoms with E-state index < -0.39 is 17.2 Å². The number of nitrogens with zero attached hydrogens (tertiary/aromatic N) is 1. The molecule has 0 aliphatic carbocycles. The third-order valence-corrected chi connectivity index (χ3v) is 3.82. The van der Waals surface area contributed by atoms with Gasteiger partial charge in [0.05, 0.1) is 18.8 Å². The third kappa shape index (κ3) is 8.11. The summed E-state index contributed by atoms with van der Waals surface area (Å²) in [6.07, 6.45) is 1.92. The van der Waals surface area contributed by atoms with E-state index in [0.717, 1.165) is 10.1 Å². The fraction of sp³-hybridized carbons (Fsp3) is 0.667. The normalized spacial score (nSPS) is 14.0. The number of carbonyl (C=O) groups is 1. The molecule has 1 amide bonds. The van der Waals surface area contributed by atoms with Crippen LogP contribution in [0.2, 0.25) is 0 Å². The minimum Gasteiger partial charge on any atom is -0.493 e. The molecule has 0 bridgehead atoms. The van der Waals surface area contributed by atoms with Crippen LogP contribution in [-0.4, -0.2) is 35.9 Å². The topological polar surface area (TPSA) is 69.7 Å². The monoisotopic (exact) mass is 464 g/mol. The Morgan fingerprint density at radius 1 is 1.28 bits per heavy atom. The van der Waals surface area contributed by atoms with E-state index in [1.54, 1.807) is 19.4 Å². The van der Waals surface area contributed by atoms with E-state index in [9.17, 15) is 4.79 Å². The van der Waals surface area contributed by atoms with E-state index >= 15 is 0 Å². The van der Waals surface area contributed by atoms with Gasteiger partial charge in [0.25, 0.3) is 0 Å². The molecule has 6 nitrogen and oxygen atoms in total. The van der Waals surface area contributed by atoms with Gasteiger partial charge in [-0.05, 0) is 62.6 Å². The first kappa shape index (κ1) is 21.8. The van der Waals surface area contributed by atoms with Crippen LogP contribution in [0.4, 0.5) is 4.79 Å². The van der Waals surface area contributed by atoms with Crippen molar-refractivity contribution in [1.82, 2.24) is 10.3 Å². The van der Waals surface area contributed by atoms with Crippen LogP contribution in [0.3, 0.4) is 0 Å².